The number of piperidine rings is 1. The number of amides is 1. The van der Waals surface area contributed by atoms with Crippen LogP contribution in [0, 0.1) is 5.92 Å². The van der Waals surface area contributed by atoms with Gasteiger partial charge in [-0.05, 0) is 87.1 Å². The van der Waals surface area contributed by atoms with E-state index in [0.717, 1.165) is 66.7 Å². The van der Waals surface area contributed by atoms with E-state index in [9.17, 15) is 4.79 Å². The van der Waals surface area contributed by atoms with Crippen LogP contribution in [0.2, 0.25) is 0 Å². The molecule has 1 N–H and O–H groups in total. The van der Waals surface area contributed by atoms with Gasteiger partial charge in [0.15, 0.2) is 0 Å². The predicted molar refractivity (Wildman–Crippen MR) is 146 cm³/mol. The lowest BCUT2D eigenvalue weighted by molar-refractivity contribution is -0.117. The lowest BCUT2D eigenvalue weighted by Crippen LogP contribution is -2.39. The summed E-state index contributed by atoms with van der Waals surface area (Å²) in [6.07, 6.45) is 12.1. The van der Waals surface area contributed by atoms with Crippen molar-refractivity contribution in [2.75, 3.05) is 26.2 Å². The Morgan fingerprint density at radius 3 is 2.62 bits per heavy atom. The van der Waals surface area contributed by atoms with Gasteiger partial charge >= 0.3 is 0 Å². The number of aromatic nitrogens is 3. The van der Waals surface area contributed by atoms with E-state index in [1.807, 2.05) is 42.9 Å². The number of halogens is 3. The first-order valence-electron chi connectivity index (χ1n) is 11.0. The SMILES string of the molecule is Cl.Cl.Cl.O=C(NCC1CCN(CCCc2ccncc2)CC1)C1=Cc2cnc3cccc(n23)S1. The zero-order valence-electron chi connectivity index (χ0n) is 18.8. The number of likely N-dealkylation sites (tertiary alicyclic amines) is 1. The first-order valence-corrected chi connectivity index (χ1v) is 11.8. The third-order valence-corrected chi connectivity index (χ3v) is 7.24. The Kier molecular flexibility index (Phi) is 11.2. The van der Waals surface area contributed by atoms with Gasteiger partial charge in [-0.25, -0.2) is 4.98 Å². The van der Waals surface area contributed by atoms with E-state index in [1.165, 1.54) is 23.7 Å². The molecule has 5 heterocycles. The predicted octanol–water partition coefficient (Wildman–Crippen LogP) is 4.90. The lowest BCUT2D eigenvalue weighted by Gasteiger charge is -2.32. The van der Waals surface area contributed by atoms with Crippen molar-refractivity contribution in [2.24, 2.45) is 5.92 Å². The average molecular weight is 543 g/mol. The number of thioether (sulfide) groups is 1. The molecule has 10 heteroatoms. The summed E-state index contributed by atoms with van der Waals surface area (Å²) in [6, 6.07) is 10.2. The van der Waals surface area contributed by atoms with Gasteiger partial charge < -0.3 is 10.2 Å². The smallest absolute Gasteiger partial charge is 0.258 e. The number of carbonyl (C=O) groups excluding carboxylic acids is 1. The molecule has 0 aliphatic carbocycles. The maximum Gasteiger partial charge on any atom is 0.258 e. The van der Waals surface area contributed by atoms with E-state index in [-0.39, 0.29) is 43.1 Å². The Bertz CT molecular complexity index is 1100. The molecule has 3 aromatic rings. The van der Waals surface area contributed by atoms with E-state index >= 15 is 0 Å². The van der Waals surface area contributed by atoms with Crippen molar-refractivity contribution in [3.63, 3.8) is 0 Å². The molecular formula is C24H30Cl3N5OS. The maximum absolute atomic E-state index is 12.8. The van der Waals surface area contributed by atoms with Gasteiger partial charge in [0.05, 0.1) is 21.8 Å². The van der Waals surface area contributed by atoms with Gasteiger partial charge in [0.25, 0.3) is 5.91 Å². The molecule has 0 unspecified atom stereocenters. The third kappa shape index (κ3) is 6.67. The van der Waals surface area contributed by atoms with E-state index < -0.39 is 0 Å². The molecule has 0 radical (unpaired) electrons. The fraction of sp³-hybridized carbons (Fsp3) is 0.375. The van der Waals surface area contributed by atoms with Crippen LogP contribution >= 0.6 is 49.0 Å². The van der Waals surface area contributed by atoms with Gasteiger partial charge in [-0.15, -0.1) is 37.2 Å². The monoisotopic (exact) mass is 541 g/mol. The first-order chi connectivity index (χ1) is 15.3. The number of hydrogen-bond acceptors (Lipinski definition) is 5. The second-order valence-electron chi connectivity index (χ2n) is 8.31. The fourth-order valence-corrected chi connectivity index (χ4v) is 5.40. The molecule has 0 aromatic carbocycles. The van der Waals surface area contributed by atoms with Crippen molar-refractivity contribution in [3.05, 3.63) is 65.1 Å². The second-order valence-corrected chi connectivity index (χ2v) is 9.37. The summed E-state index contributed by atoms with van der Waals surface area (Å²) < 4.78 is 2.09. The Morgan fingerprint density at radius 1 is 1.09 bits per heavy atom. The fourth-order valence-electron chi connectivity index (χ4n) is 4.39. The van der Waals surface area contributed by atoms with Crippen LogP contribution in [0.5, 0.6) is 0 Å². The van der Waals surface area contributed by atoms with Crippen molar-refractivity contribution in [1.82, 2.24) is 24.6 Å². The van der Waals surface area contributed by atoms with Crippen LogP contribution in [-0.2, 0) is 11.2 Å². The highest BCUT2D eigenvalue weighted by Gasteiger charge is 2.23. The van der Waals surface area contributed by atoms with Gasteiger partial charge in [0.2, 0.25) is 0 Å². The van der Waals surface area contributed by atoms with E-state index in [1.54, 1.807) is 0 Å². The topological polar surface area (TPSA) is 62.5 Å². The molecule has 2 aliphatic heterocycles. The van der Waals surface area contributed by atoms with Crippen LogP contribution in [0.4, 0.5) is 0 Å². The van der Waals surface area contributed by atoms with E-state index in [2.05, 4.69) is 36.7 Å². The van der Waals surface area contributed by atoms with Crippen LogP contribution in [-0.4, -0.2) is 51.4 Å². The third-order valence-electron chi connectivity index (χ3n) is 6.19. The standard InChI is InChI=1S/C24H27N5OS.3ClH/c30-24(21-15-20-17-26-22-4-1-5-23(31-21)29(20)22)27-16-19-8-13-28(14-9-19)12-2-3-18-6-10-25-11-7-18;;;/h1,4-7,10-11,15,17,19H,2-3,8-9,12-14,16H2,(H,27,30);3*1H. The van der Waals surface area contributed by atoms with Crippen LogP contribution < -0.4 is 5.32 Å². The summed E-state index contributed by atoms with van der Waals surface area (Å²) in [6.45, 7) is 4.14. The highest BCUT2D eigenvalue weighted by atomic mass is 35.5. The number of carbonyl (C=O) groups is 1. The van der Waals surface area contributed by atoms with Crippen molar-refractivity contribution < 1.29 is 4.79 Å². The summed E-state index contributed by atoms with van der Waals surface area (Å²) >= 11 is 1.52. The van der Waals surface area contributed by atoms with Crippen molar-refractivity contribution in [1.29, 1.82) is 0 Å². The molecule has 1 amide bonds. The lowest BCUT2D eigenvalue weighted by atomic mass is 9.96. The van der Waals surface area contributed by atoms with Gasteiger partial charge in [-0.3, -0.25) is 14.2 Å². The van der Waals surface area contributed by atoms with Gasteiger partial charge in [0, 0.05) is 18.9 Å². The molecule has 0 saturated carbocycles. The summed E-state index contributed by atoms with van der Waals surface area (Å²) in [7, 11) is 0. The Labute approximate surface area is 223 Å². The highest BCUT2D eigenvalue weighted by Crippen LogP contribution is 2.34. The Morgan fingerprint density at radius 2 is 1.85 bits per heavy atom. The molecule has 1 saturated heterocycles. The van der Waals surface area contributed by atoms with Crippen molar-refractivity contribution in [2.45, 2.75) is 30.7 Å². The first kappa shape index (κ1) is 28.5. The minimum Gasteiger partial charge on any atom is -0.351 e. The Balaban J connectivity index is 0.00000136. The average Bonchev–Trinajstić information content (AvgIpc) is 3.23. The molecule has 34 heavy (non-hydrogen) atoms. The van der Waals surface area contributed by atoms with Crippen molar-refractivity contribution in [3.8, 4) is 0 Å². The van der Waals surface area contributed by atoms with Gasteiger partial charge in [0.1, 0.15) is 5.65 Å². The highest BCUT2D eigenvalue weighted by molar-refractivity contribution is 8.04. The number of imidazole rings is 1. The van der Waals surface area contributed by atoms with Crippen LogP contribution in [0.15, 0.2) is 58.9 Å². The zero-order valence-corrected chi connectivity index (χ0v) is 22.0. The molecular weight excluding hydrogens is 513 g/mol. The summed E-state index contributed by atoms with van der Waals surface area (Å²) in [5.41, 5.74) is 3.25. The van der Waals surface area contributed by atoms with E-state index in [0.29, 0.717) is 5.92 Å². The number of hydrogen-bond donors (Lipinski definition) is 1. The Hall–Kier alpha value is -1.77. The maximum atomic E-state index is 12.8. The van der Waals surface area contributed by atoms with E-state index in [4.69, 9.17) is 0 Å². The molecule has 2 aliphatic rings. The second kappa shape index (κ2) is 13.4. The van der Waals surface area contributed by atoms with Crippen LogP contribution in [0.1, 0.15) is 30.5 Å². The molecule has 1 fully saturated rings. The van der Waals surface area contributed by atoms with Gasteiger partial charge in [-0.1, -0.05) is 17.8 Å². The summed E-state index contributed by atoms with van der Waals surface area (Å²) in [5, 5.41) is 4.21. The quantitative estimate of drug-likeness (QED) is 0.460. The van der Waals surface area contributed by atoms with Crippen LogP contribution in [0.3, 0.4) is 0 Å². The van der Waals surface area contributed by atoms with Gasteiger partial charge in [-0.2, -0.15) is 0 Å². The summed E-state index contributed by atoms with van der Waals surface area (Å²) in [5.74, 6) is 0.581. The normalized spacial score (nSPS) is 15.5. The molecule has 3 aromatic heterocycles. The molecule has 0 bridgehead atoms. The molecule has 0 spiro atoms. The largest absolute Gasteiger partial charge is 0.351 e. The molecule has 5 rings (SSSR count). The molecule has 6 nitrogen and oxygen atoms in total. The number of pyridine rings is 2. The minimum atomic E-state index is 0. The number of rotatable bonds is 7. The number of nitrogens with one attached hydrogen (secondary N) is 1. The summed E-state index contributed by atoms with van der Waals surface area (Å²) in [4.78, 5) is 24.6. The van der Waals surface area contributed by atoms with Crippen LogP contribution in [0.25, 0.3) is 11.7 Å². The zero-order chi connectivity index (χ0) is 21.0. The number of nitrogens with zero attached hydrogens (tertiary/aromatic N) is 4. The van der Waals surface area contributed by atoms with Crippen molar-refractivity contribution >= 4 is 66.6 Å². The molecule has 184 valence electrons. The minimum absolute atomic E-state index is 0. The molecule has 0 atom stereocenters. The number of aryl methyl sites for hydroxylation is 1.